The summed E-state index contributed by atoms with van der Waals surface area (Å²) in [6.07, 6.45) is 5.24. The van der Waals surface area contributed by atoms with Crippen LogP contribution >= 0.6 is 11.3 Å². The van der Waals surface area contributed by atoms with E-state index < -0.39 is 0 Å². The van der Waals surface area contributed by atoms with Gasteiger partial charge in [-0.25, -0.2) is 0 Å². The van der Waals surface area contributed by atoms with E-state index >= 15 is 0 Å². The normalized spacial score (nSPS) is 22.0. The quantitative estimate of drug-likeness (QED) is 0.648. The molecule has 0 spiro atoms. The van der Waals surface area contributed by atoms with Gasteiger partial charge in [0.25, 0.3) is 5.91 Å². The lowest BCUT2D eigenvalue weighted by Gasteiger charge is -2.28. The van der Waals surface area contributed by atoms with Gasteiger partial charge in [0, 0.05) is 6.54 Å². The molecule has 21 heavy (non-hydrogen) atoms. The number of hydrogen-bond donors (Lipinski definition) is 1. The lowest BCUT2D eigenvalue weighted by atomic mass is 9.88. The zero-order valence-electron chi connectivity index (χ0n) is 12.7. The average Bonchev–Trinajstić information content (AvgIpc) is 2.95. The Labute approximate surface area is 129 Å². The molecule has 2 atom stereocenters. The van der Waals surface area contributed by atoms with Crippen molar-refractivity contribution >= 4 is 23.0 Å². The molecule has 1 aromatic rings. The molecule has 2 rings (SSSR count). The van der Waals surface area contributed by atoms with Crippen LogP contribution in [0.3, 0.4) is 0 Å². The van der Waals surface area contributed by atoms with Crippen molar-refractivity contribution in [1.82, 2.24) is 5.32 Å². The third kappa shape index (κ3) is 4.64. The number of carbonyl (C=O) groups is 2. The number of thiophene rings is 1. The van der Waals surface area contributed by atoms with Crippen LogP contribution in [0.25, 0.3) is 0 Å². The van der Waals surface area contributed by atoms with Crippen LogP contribution in [-0.4, -0.2) is 30.9 Å². The Bertz CT molecular complexity index is 497. The number of rotatable bonds is 6. The number of amides is 1. The third-order valence-corrected chi connectivity index (χ3v) is 5.11. The molecule has 4 nitrogen and oxygen atoms in total. The van der Waals surface area contributed by atoms with Crippen LogP contribution in [-0.2, 0) is 4.74 Å². The SMILES string of the molecule is CC(=O)c1ccc(C(=O)NCCO[C@@H]2CCCC[C@H]2C)s1. The molecule has 1 saturated carbocycles. The maximum atomic E-state index is 11.9. The van der Waals surface area contributed by atoms with Gasteiger partial charge in [0.1, 0.15) is 0 Å². The number of carbonyl (C=O) groups excluding carboxylic acids is 2. The number of hydrogen-bond acceptors (Lipinski definition) is 4. The fraction of sp³-hybridized carbons (Fsp3) is 0.625. The minimum Gasteiger partial charge on any atom is -0.376 e. The second-order valence-corrected chi connectivity index (χ2v) is 6.73. The molecular formula is C16H23NO3S. The van der Waals surface area contributed by atoms with Crippen molar-refractivity contribution in [1.29, 1.82) is 0 Å². The van der Waals surface area contributed by atoms with Gasteiger partial charge in [0.2, 0.25) is 0 Å². The van der Waals surface area contributed by atoms with E-state index in [4.69, 9.17) is 4.74 Å². The molecule has 0 aromatic carbocycles. The van der Waals surface area contributed by atoms with E-state index in [1.54, 1.807) is 12.1 Å². The van der Waals surface area contributed by atoms with Gasteiger partial charge in [-0.3, -0.25) is 9.59 Å². The molecule has 1 heterocycles. The maximum absolute atomic E-state index is 11.9. The highest BCUT2D eigenvalue weighted by Gasteiger charge is 2.21. The summed E-state index contributed by atoms with van der Waals surface area (Å²) >= 11 is 1.23. The summed E-state index contributed by atoms with van der Waals surface area (Å²) in [7, 11) is 0. The van der Waals surface area contributed by atoms with Crippen LogP contribution in [0.1, 0.15) is 58.9 Å². The summed E-state index contributed by atoms with van der Waals surface area (Å²) in [6, 6.07) is 3.39. The summed E-state index contributed by atoms with van der Waals surface area (Å²) in [5.74, 6) is 0.478. The lowest BCUT2D eigenvalue weighted by Crippen LogP contribution is -2.31. The van der Waals surface area contributed by atoms with Crippen LogP contribution in [0.15, 0.2) is 12.1 Å². The minimum absolute atomic E-state index is 0.00586. The summed E-state index contributed by atoms with van der Waals surface area (Å²) in [5.41, 5.74) is 0. The van der Waals surface area contributed by atoms with Crippen LogP contribution in [0.5, 0.6) is 0 Å². The fourth-order valence-corrected chi connectivity index (χ4v) is 3.46. The van der Waals surface area contributed by atoms with Gasteiger partial charge in [0.05, 0.1) is 22.5 Å². The van der Waals surface area contributed by atoms with Crippen molar-refractivity contribution in [3.8, 4) is 0 Å². The maximum Gasteiger partial charge on any atom is 0.261 e. The van der Waals surface area contributed by atoms with Crippen molar-refractivity contribution in [3.63, 3.8) is 0 Å². The van der Waals surface area contributed by atoms with E-state index in [2.05, 4.69) is 12.2 Å². The Kier molecular flexibility index (Phi) is 5.94. The van der Waals surface area contributed by atoms with Gasteiger partial charge < -0.3 is 10.1 Å². The van der Waals surface area contributed by atoms with Gasteiger partial charge >= 0.3 is 0 Å². The molecule has 0 saturated heterocycles. The highest BCUT2D eigenvalue weighted by molar-refractivity contribution is 7.15. The molecular weight excluding hydrogens is 286 g/mol. The fourth-order valence-electron chi connectivity index (χ4n) is 2.64. The second kappa shape index (κ2) is 7.71. The number of ether oxygens (including phenoxy) is 1. The molecule has 0 aliphatic heterocycles. The monoisotopic (exact) mass is 309 g/mol. The van der Waals surface area contributed by atoms with Crippen LogP contribution < -0.4 is 5.32 Å². The average molecular weight is 309 g/mol. The van der Waals surface area contributed by atoms with Gasteiger partial charge in [-0.05, 0) is 37.8 Å². The first-order chi connectivity index (χ1) is 10.1. The van der Waals surface area contributed by atoms with Gasteiger partial charge in [0.15, 0.2) is 5.78 Å². The third-order valence-electron chi connectivity index (χ3n) is 3.93. The van der Waals surface area contributed by atoms with E-state index in [-0.39, 0.29) is 11.7 Å². The van der Waals surface area contributed by atoms with Crippen LogP contribution in [0.4, 0.5) is 0 Å². The minimum atomic E-state index is -0.132. The largest absolute Gasteiger partial charge is 0.376 e. The summed E-state index contributed by atoms with van der Waals surface area (Å²) in [6.45, 7) is 4.80. The van der Waals surface area contributed by atoms with Gasteiger partial charge in [-0.2, -0.15) is 0 Å². The first kappa shape index (κ1) is 16.2. The smallest absolute Gasteiger partial charge is 0.261 e. The molecule has 1 amide bonds. The van der Waals surface area contributed by atoms with Gasteiger partial charge in [-0.1, -0.05) is 19.8 Å². The molecule has 1 aromatic heterocycles. The highest BCUT2D eigenvalue weighted by atomic mass is 32.1. The Morgan fingerprint density at radius 2 is 2.00 bits per heavy atom. The molecule has 0 bridgehead atoms. The predicted molar refractivity (Wildman–Crippen MR) is 84.0 cm³/mol. The van der Waals surface area contributed by atoms with Crippen LogP contribution in [0, 0.1) is 5.92 Å². The van der Waals surface area contributed by atoms with E-state index in [1.165, 1.54) is 37.5 Å². The molecule has 1 fully saturated rings. The van der Waals surface area contributed by atoms with Gasteiger partial charge in [-0.15, -0.1) is 11.3 Å². The molecule has 1 aliphatic rings. The van der Waals surface area contributed by atoms with E-state index in [9.17, 15) is 9.59 Å². The highest BCUT2D eigenvalue weighted by Crippen LogP contribution is 2.26. The molecule has 1 aliphatic carbocycles. The molecule has 1 N–H and O–H groups in total. The van der Waals surface area contributed by atoms with Crippen molar-refractivity contribution in [2.75, 3.05) is 13.2 Å². The van der Waals surface area contributed by atoms with Crippen molar-refractivity contribution in [2.45, 2.75) is 45.6 Å². The zero-order chi connectivity index (χ0) is 15.2. The standard InChI is InChI=1S/C16H23NO3S/c1-11-5-3-4-6-13(11)20-10-9-17-16(19)15-8-7-14(21-15)12(2)18/h7-8,11,13H,3-6,9-10H2,1-2H3,(H,17,19)/t11-,13-/m1/s1. The molecule has 116 valence electrons. The summed E-state index contributed by atoms with van der Waals surface area (Å²) in [5, 5.41) is 2.84. The van der Waals surface area contributed by atoms with E-state index in [0.29, 0.717) is 34.9 Å². The van der Waals surface area contributed by atoms with E-state index in [1.807, 2.05) is 0 Å². The van der Waals surface area contributed by atoms with Crippen molar-refractivity contribution in [2.24, 2.45) is 5.92 Å². The Hall–Kier alpha value is -1.20. The van der Waals surface area contributed by atoms with Crippen molar-refractivity contribution in [3.05, 3.63) is 21.9 Å². The summed E-state index contributed by atoms with van der Waals surface area (Å²) < 4.78 is 5.86. The Morgan fingerprint density at radius 1 is 1.29 bits per heavy atom. The van der Waals surface area contributed by atoms with Crippen LogP contribution in [0.2, 0.25) is 0 Å². The topological polar surface area (TPSA) is 55.4 Å². The second-order valence-electron chi connectivity index (χ2n) is 5.65. The zero-order valence-corrected chi connectivity index (χ0v) is 13.5. The first-order valence-corrected chi connectivity index (χ1v) is 8.40. The Balaban J connectivity index is 1.70. The number of nitrogens with one attached hydrogen (secondary N) is 1. The summed E-state index contributed by atoms with van der Waals surface area (Å²) in [4.78, 5) is 24.3. The van der Waals surface area contributed by atoms with E-state index in [0.717, 1.165) is 6.42 Å². The predicted octanol–water partition coefficient (Wildman–Crippen LogP) is 3.28. The molecule has 0 unspecified atom stereocenters. The lowest BCUT2D eigenvalue weighted by molar-refractivity contribution is -0.00292. The van der Waals surface area contributed by atoms with Crippen molar-refractivity contribution < 1.29 is 14.3 Å². The number of Topliss-reactive ketones (excluding diaryl/α,β-unsaturated/α-hetero) is 1. The molecule has 0 radical (unpaired) electrons. The Morgan fingerprint density at radius 3 is 2.67 bits per heavy atom. The first-order valence-electron chi connectivity index (χ1n) is 7.58. The number of ketones is 1. The molecule has 5 heteroatoms.